The van der Waals surface area contributed by atoms with Crippen molar-refractivity contribution < 1.29 is 64.4 Å². The third-order valence-electron chi connectivity index (χ3n) is 6.02. The van der Waals surface area contributed by atoms with Gasteiger partial charge in [0, 0.05) is 0 Å². The van der Waals surface area contributed by atoms with Gasteiger partial charge in [0.15, 0.2) is 0 Å². The van der Waals surface area contributed by atoms with Gasteiger partial charge in [-0.15, -0.1) is 0 Å². The van der Waals surface area contributed by atoms with Crippen LogP contribution in [-0.4, -0.2) is 13.0 Å². The minimum atomic E-state index is -4.46. The summed E-state index contributed by atoms with van der Waals surface area (Å²) in [6, 6.07) is 9.64. The van der Waals surface area contributed by atoms with E-state index in [4.69, 9.17) is 0 Å². The van der Waals surface area contributed by atoms with Crippen LogP contribution in [0.4, 0.5) is 0 Å². The van der Waals surface area contributed by atoms with Gasteiger partial charge in [0.25, 0.3) is 0 Å². The molecular formula is C26H39KO3S. The topological polar surface area (TPSA) is 57.2 Å². The van der Waals surface area contributed by atoms with Crippen molar-refractivity contribution in [3.63, 3.8) is 0 Å². The van der Waals surface area contributed by atoms with E-state index in [1.165, 1.54) is 75.8 Å². The SMILES string of the molecule is CCCCCCCCc1ccc2c(CCCCCCCC)c(S(=O)(=O)[O-])ccc2c1.[K+]. The molecule has 0 spiro atoms. The molecule has 0 aliphatic heterocycles. The minimum absolute atomic E-state index is 0. The van der Waals surface area contributed by atoms with Crippen LogP contribution < -0.4 is 51.4 Å². The molecule has 0 heterocycles. The summed E-state index contributed by atoms with van der Waals surface area (Å²) >= 11 is 0. The molecule has 3 nitrogen and oxygen atoms in total. The number of unbranched alkanes of at least 4 members (excludes halogenated alkanes) is 10. The molecule has 0 radical (unpaired) electrons. The van der Waals surface area contributed by atoms with Crippen LogP contribution in [0.3, 0.4) is 0 Å². The Kier molecular flexibility index (Phi) is 15.1. The normalized spacial score (nSPS) is 11.6. The number of benzene rings is 2. The van der Waals surface area contributed by atoms with Crippen molar-refractivity contribution in [3.05, 3.63) is 41.5 Å². The molecule has 2 rings (SSSR count). The maximum absolute atomic E-state index is 11.8. The Balaban J connectivity index is 0.00000480. The average Bonchev–Trinajstić information content (AvgIpc) is 2.72. The second-order valence-corrected chi connectivity index (χ2v) is 9.94. The van der Waals surface area contributed by atoms with E-state index in [9.17, 15) is 13.0 Å². The summed E-state index contributed by atoms with van der Waals surface area (Å²) < 4.78 is 35.5. The molecule has 2 aromatic carbocycles. The second kappa shape index (κ2) is 16.0. The van der Waals surface area contributed by atoms with Crippen molar-refractivity contribution in [2.75, 3.05) is 0 Å². The smallest absolute Gasteiger partial charge is 0.744 e. The van der Waals surface area contributed by atoms with E-state index in [1.807, 2.05) is 6.07 Å². The standard InChI is InChI=1S/C26H40O3S.K/c1-3-5-7-9-11-13-15-22-17-19-24-23(21-22)18-20-26(30(27,28)29)25(24)16-14-12-10-8-6-4-2;/h17-21H,3-16H2,1-2H3,(H,27,28,29);/q;+1/p-1. The van der Waals surface area contributed by atoms with Gasteiger partial charge in [0.2, 0.25) is 0 Å². The molecule has 0 fully saturated rings. The third kappa shape index (κ3) is 10.4. The van der Waals surface area contributed by atoms with Crippen LogP contribution >= 0.6 is 0 Å². The van der Waals surface area contributed by atoms with E-state index in [0.717, 1.165) is 30.0 Å². The molecule has 168 valence electrons. The van der Waals surface area contributed by atoms with Crippen LogP contribution in [0.15, 0.2) is 35.2 Å². The van der Waals surface area contributed by atoms with Gasteiger partial charge >= 0.3 is 51.4 Å². The zero-order chi connectivity index (χ0) is 21.8. The molecule has 0 aromatic heterocycles. The van der Waals surface area contributed by atoms with Gasteiger partial charge in [-0.3, -0.25) is 0 Å². The number of rotatable bonds is 15. The molecule has 5 heteroatoms. The Morgan fingerprint density at radius 2 is 1.26 bits per heavy atom. The van der Waals surface area contributed by atoms with Crippen LogP contribution in [0, 0.1) is 0 Å². The van der Waals surface area contributed by atoms with Gasteiger partial charge in [-0.25, -0.2) is 8.42 Å². The van der Waals surface area contributed by atoms with Crippen LogP contribution in [0.25, 0.3) is 10.8 Å². The van der Waals surface area contributed by atoms with Crippen molar-refractivity contribution in [1.29, 1.82) is 0 Å². The quantitative estimate of drug-likeness (QED) is 0.218. The fourth-order valence-electron chi connectivity index (χ4n) is 4.26. The van der Waals surface area contributed by atoms with E-state index in [0.29, 0.717) is 12.0 Å². The van der Waals surface area contributed by atoms with E-state index in [-0.39, 0.29) is 56.3 Å². The Morgan fingerprint density at radius 1 is 0.710 bits per heavy atom. The number of hydrogen-bond donors (Lipinski definition) is 0. The fourth-order valence-corrected chi connectivity index (χ4v) is 5.01. The van der Waals surface area contributed by atoms with Gasteiger partial charge in [-0.05, 0) is 53.6 Å². The molecule has 0 amide bonds. The Morgan fingerprint density at radius 3 is 1.84 bits per heavy atom. The molecule has 0 N–H and O–H groups in total. The van der Waals surface area contributed by atoms with Crippen LogP contribution in [-0.2, 0) is 23.0 Å². The monoisotopic (exact) mass is 470 g/mol. The summed E-state index contributed by atoms with van der Waals surface area (Å²) in [6.07, 6.45) is 16.2. The summed E-state index contributed by atoms with van der Waals surface area (Å²) in [5.41, 5.74) is 2.00. The first-order valence-electron chi connectivity index (χ1n) is 12.0. The molecule has 0 unspecified atom stereocenters. The first-order chi connectivity index (χ1) is 14.5. The van der Waals surface area contributed by atoms with Crippen molar-refractivity contribution in [2.45, 2.75) is 109 Å². The zero-order valence-corrected chi connectivity index (χ0v) is 23.9. The second-order valence-electron chi connectivity index (χ2n) is 8.59. The van der Waals surface area contributed by atoms with Gasteiger partial charge in [0.1, 0.15) is 10.1 Å². The summed E-state index contributed by atoms with van der Waals surface area (Å²) in [7, 11) is -4.46. The van der Waals surface area contributed by atoms with Gasteiger partial charge in [-0.2, -0.15) is 0 Å². The first kappa shape index (κ1) is 29.3. The van der Waals surface area contributed by atoms with Crippen molar-refractivity contribution in [3.8, 4) is 0 Å². The van der Waals surface area contributed by atoms with Crippen molar-refractivity contribution in [1.82, 2.24) is 0 Å². The van der Waals surface area contributed by atoms with Crippen molar-refractivity contribution in [2.24, 2.45) is 0 Å². The van der Waals surface area contributed by atoms with E-state index >= 15 is 0 Å². The largest absolute Gasteiger partial charge is 1.00 e. The summed E-state index contributed by atoms with van der Waals surface area (Å²) in [6.45, 7) is 4.43. The van der Waals surface area contributed by atoms with E-state index in [2.05, 4.69) is 26.0 Å². The molecular weight excluding hydrogens is 431 g/mol. The third-order valence-corrected chi connectivity index (χ3v) is 6.94. The van der Waals surface area contributed by atoms with E-state index < -0.39 is 10.1 Å². The first-order valence-corrected chi connectivity index (χ1v) is 13.4. The van der Waals surface area contributed by atoms with Gasteiger partial charge < -0.3 is 4.55 Å². The molecule has 0 aliphatic carbocycles. The Labute approximate surface area is 233 Å². The molecule has 0 saturated carbocycles. The Bertz CT molecular complexity index is 878. The van der Waals surface area contributed by atoms with Crippen molar-refractivity contribution >= 4 is 20.9 Å². The van der Waals surface area contributed by atoms with Crippen LogP contribution in [0.5, 0.6) is 0 Å². The number of aryl methyl sites for hydroxylation is 2. The molecule has 31 heavy (non-hydrogen) atoms. The molecule has 0 aliphatic rings. The molecule has 0 saturated heterocycles. The fraction of sp³-hybridized carbons (Fsp3) is 0.615. The summed E-state index contributed by atoms with van der Waals surface area (Å²) in [4.78, 5) is -0.0350. The maximum Gasteiger partial charge on any atom is 1.00 e. The predicted molar refractivity (Wildman–Crippen MR) is 126 cm³/mol. The minimum Gasteiger partial charge on any atom is -0.744 e. The predicted octanol–water partition coefficient (Wildman–Crippen LogP) is 4.55. The van der Waals surface area contributed by atoms with Crippen LogP contribution in [0.1, 0.15) is 102 Å². The van der Waals surface area contributed by atoms with Gasteiger partial charge in [-0.1, -0.05) is 102 Å². The zero-order valence-electron chi connectivity index (χ0n) is 19.9. The molecule has 2 aromatic rings. The number of fused-ring (bicyclic) bond motifs is 1. The molecule has 0 bridgehead atoms. The summed E-state index contributed by atoms with van der Waals surface area (Å²) in [5.74, 6) is 0. The molecule has 0 atom stereocenters. The summed E-state index contributed by atoms with van der Waals surface area (Å²) in [5, 5.41) is 1.97. The van der Waals surface area contributed by atoms with E-state index in [1.54, 1.807) is 6.07 Å². The van der Waals surface area contributed by atoms with Crippen LogP contribution in [0.2, 0.25) is 0 Å². The Hall–Kier alpha value is 0.246. The average molecular weight is 471 g/mol. The maximum atomic E-state index is 11.8. The van der Waals surface area contributed by atoms with Gasteiger partial charge in [0.05, 0.1) is 4.90 Å². The number of hydrogen-bond acceptors (Lipinski definition) is 3.